The van der Waals surface area contributed by atoms with Crippen molar-refractivity contribution in [1.29, 1.82) is 0 Å². The topological polar surface area (TPSA) is 49.8 Å². The fourth-order valence-corrected chi connectivity index (χ4v) is 3.32. The summed E-state index contributed by atoms with van der Waals surface area (Å²) in [6, 6.07) is 5.98. The van der Waals surface area contributed by atoms with Crippen molar-refractivity contribution in [3.05, 3.63) is 30.1 Å². The van der Waals surface area contributed by atoms with Crippen molar-refractivity contribution in [1.82, 2.24) is 4.90 Å². The Labute approximate surface area is 121 Å². The van der Waals surface area contributed by atoms with Gasteiger partial charge in [-0.05, 0) is 24.3 Å². The molecule has 0 aromatic heterocycles. The van der Waals surface area contributed by atoms with Crippen molar-refractivity contribution in [2.24, 2.45) is 0 Å². The zero-order chi connectivity index (χ0) is 14.4. The number of hydrogen-bond acceptors (Lipinski definition) is 4. The summed E-state index contributed by atoms with van der Waals surface area (Å²) in [6.45, 7) is 2.05. The molecule has 0 radical (unpaired) electrons. The van der Waals surface area contributed by atoms with Crippen molar-refractivity contribution >= 4 is 17.7 Å². The first-order valence-corrected chi connectivity index (χ1v) is 7.72. The quantitative estimate of drug-likeness (QED) is 0.872. The molecule has 1 saturated heterocycles. The van der Waals surface area contributed by atoms with E-state index in [1.807, 2.05) is 0 Å². The van der Waals surface area contributed by atoms with E-state index in [-0.39, 0.29) is 18.3 Å². The molecule has 0 spiro atoms. The molecule has 1 aromatic rings. The van der Waals surface area contributed by atoms with Gasteiger partial charge >= 0.3 is 5.97 Å². The lowest BCUT2D eigenvalue weighted by molar-refractivity contribution is -0.138. The van der Waals surface area contributed by atoms with Gasteiger partial charge in [-0.25, -0.2) is 4.39 Å². The number of benzene rings is 1. The van der Waals surface area contributed by atoms with Gasteiger partial charge in [0.2, 0.25) is 0 Å². The monoisotopic (exact) mass is 299 g/mol. The Hall–Kier alpha value is -1.27. The van der Waals surface area contributed by atoms with Gasteiger partial charge in [-0.2, -0.15) is 11.8 Å². The maximum absolute atomic E-state index is 12.8. The van der Waals surface area contributed by atoms with Crippen molar-refractivity contribution in [2.75, 3.05) is 31.2 Å². The Bertz CT molecular complexity index is 441. The summed E-state index contributed by atoms with van der Waals surface area (Å²) in [5.74, 6) is 1.46. The van der Waals surface area contributed by atoms with Crippen LogP contribution in [-0.2, 0) is 4.79 Å². The number of carbonyl (C=O) groups is 1. The van der Waals surface area contributed by atoms with Crippen LogP contribution in [0.15, 0.2) is 24.3 Å². The molecule has 4 nitrogen and oxygen atoms in total. The highest BCUT2D eigenvalue weighted by Gasteiger charge is 2.24. The second kappa shape index (κ2) is 7.50. The third kappa shape index (κ3) is 4.68. The summed E-state index contributed by atoms with van der Waals surface area (Å²) in [4.78, 5) is 13.0. The fourth-order valence-electron chi connectivity index (χ4n) is 2.18. The molecule has 110 valence electrons. The van der Waals surface area contributed by atoms with Crippen molar-refractivity contribution in [2.45, 2.75) is 12.5 Å². The first kappa shape index (κ1) is 15.1. The summed E-state index contributed by atoms with van der Waals surface area (Å²) < 4.78 is 18.3. The van der Waals surface area contributed by atoms with E-state index in [1.54, 1.807) is 23.9 Å². The van der Waals surface area contributed by atoms with Crippen molar-refractivity contribution in [3.63, 3.8) is 0 Å². The van der Waals surface area contributed by atoms with E-state index in [9.17, 15) is 9.18 Å². The molecule has 1 fully saturated rings. The molecule has 1 aliphatic rings. The van der Waals surface area contributed by atoms with Gasteiger partial charge in [-0.3, -0.25) is 9.69 Å². The SMILES string of the molecule is O=C(O)CC1CSCCN1CCOc1ccc(F)cc1. The summed E-state index contributed by atoms with van der Waals surface area (Å²) in [5, 5.41) is 8.91. The van der Waals surface area contributed by atoms with Crippen LogP contribution in [0.2, 0.25) is 0 Å². The van der Waals surface area contributed by atoms with Gasteiger partial charge in [-0.15, -0.1) is 0 Å². The summed E-state index contributed by atoms with van der Waals surface area (Å²) in [6.07, 6.45) is 0.170. The van der Waals surface area contributed by atoms with E-state index in [0.717, 1.165) is 18.1 Å². The lowest BCUT2D eigenvalue weighted by Gasteiger charge is -2.34. The maximum Gasteiger partial charge on any atom is 0.304 e. The number of rotatable bonds is 6. The second-order valence-electron chi connectivity index (χ2n) is 4.66. The van der Waals surface area contributed by atoms with E-state index in [0.29, 0.717) is 18.9 Å². The molecule has 0 bridgehead atoms. The van der Waals surface area contributed by atoms with Crippen LogP contribution in [-0.4, -0.2) is 53.2 Å². The largest absolute Gasteiger partial charge is 0.492 e. The first-order valence-electron chi connectivity index (χ1n) is 6.57. The van der Waals surface area contributed by atoms with Gasteiger partial charge in [0.25, 0.3) is 0 Å². The molecule has 1 atom stereocenters. The minimum atomic E-state index is -0.762. The smallest absolute Gasteiger partial charge is 0.304 e. The molecule has 1 aromatic carbocycles. The third-order valence-electron chi connectivity index (χ3n) is 3.22. The molecular formula is C14H18FNO3S. The normalized spacial score (nSPS) is 19.8. The van der Waals surface area contributed by atoms with Gasteiger partial charge in [0, 0.05) is 30.6 Å². The molecular weight excluding hydrogens is 281 g/mol. The zero-order valence-electron chi connectivity index (χ0n) is 11.1. The molecule has 2 rings (SSSR count). The molecule has 0 saturated carbocycles. The Kier molecular flexibility index (Phi) is 5.67. The second-order valence-corrected chi connectivity index (χ2v) is 5.81. The average Bonchev–Trinajstić information content (AvgIpc) is 2.42. The van der Waals surface area contributed by atoms with E-state index in [1.165, 1.54) is 12.1 Å². The molecule has 1 heterocycles. The highest BCUT2D eigenvalue weighted by Crippen LogP contribution is 2.19. The molecule has 20 heavy (non-hydrogen) atoms. The van der Waals surface area contributed by atoms with Crippen LogP contribution in [0, 0.1) is 5.82 Å². The maximum atomic E-state index is 12.8. The van der Waals surface area contributed by atoms with E-state index < -0.39 is 5.97 Å². The van der Waals surface area contributed by atoms with Gasteiger partial charge in [0.1, 0.15) is 18.2 Å². The molecule has 1 aliphatic heterocycles. The highest BCUT2D eigenvalue weighted by molar-refractivity contribution is 7.99. The van der Waals surface area contributed by atoms with Crippen LogP contribution in [0.4, 0.5) is 4.39 Å². The lowest BCUT2D eigenvalue weighted by Crippen LogP contribution is -2.45. The number of halogens is 1. The number of aliphatic carboxylic acids is 1. The van der Waals surface area contributed by atoms with Crippen LogP contribution in [0.1, 0.15) is 6.42 Å². The van der Waals surface area contributed by atoms with Crippen LogP contribution < -0.4 is 4.74 Å². The van der Waals surface area contributed by atoms with Crippen LogP contribution in [0.5, 0.6) is 5.75 Å². The number of thioether (sulfide) groups is 1. The molecule has 1 N–H and O–H groups in total. The number of nitrogens with zero attached hydrogens (tertiary/aromatic N) is 1. The minimum absolute atomic E-state index is 0.0723. The summed E-state index contributed by atoms with van der Waals surface area (Å²) in [5.41, 5.74) is 0. The minimum Gasteiger partial charge on any atom is -0.492 e. The van der Waals surface area contributed by atoms with Crippen LogP contribution in [0.25, 0.3) is 0 Å². The molecule has 6 heteroatoms. The zero-order valence-corrected chi connectivity index (χ0v) is 11.9. The summed E-state index contributed by atoms with van der Waals surface area (Å²) in [7, 11) is 0. The van der Waals surface area contributed by atoms with E-state index in [4.69, 9.17) is 9.84 Å². The van der Waals surface area contributed by atoms with Gasteiger partial charge in [0.05, 0.1) is 6.42 Å². The number of hydrogen-bond donors (Lipinski definition) is 1. The van der Waals surface area contributed by atoms with Crippen LogP contribution in [0.3, 0.4) is 0 Å². The number of carboxylic acid groups (broad SMARTS) is 1. The van der Waals surface area contributed by atoms with Crippen molar-refractivity contribution in [3.8, 4) is 5.75 Å². The Balaban J connectivity index is 1.79. The van der Waals surface area contributed by atoms with Gasteiger partial charge < -0.3 is 9.84 Å². The van der Waals surface area contributed by atoms with Gasteiger partial charge in [-0.1, -0.05) is 0 Å². The predicted octanol–water partition coefficient (Wildman–Crippen LogP) is 2.10. The molecule has 0 amide bonds. The fraction of sp³-hybridized carbons (Fsp3) is 0.500. The number of carboxylic acids is 1. The van der Waals surface area contributed by atoms with Crippen molar-refractivity contribution < 1.29 is 19.0 Å². The first-order chi connectivity index (χ1) is 9.65. The molecule has 1 unspecified atom stereocenters. The Morgan fingerprint density at radius 2 is 2.20 bits per heavy atom. The Morgan fingerprint density at radius 1 is 1.45 bits per heavy atom. The average molecular weight is 299 g/mol. The van der Waals surface area contributed by atoms with E-state index in [2.05, 4.69) is 4.90 Å². The molecule has 0 aliphatic carbocycles. The standard InChI is InChI=1S/C14H18FNO3S/c15-11-1-3-13(4-2-11)19-7-5-16-6-8-20-10-12(16)9-14(17)18/h1-4,12H,5-10H2,(H,17,18). The predicted molar refractivity (Wildman–Crippen MR) is 76.8 cm³/mol. The highest BCUT2D eigenvalue weighted by atomic mass is 32.2. The number of ether oxygens (including phenoxy) is 1. The van der Waals surface area contributed by atoms with Crippen LogP contribution >= 0.6 is 11.8 Å². The lowest BCUT2D eigenvalue weighted by atomic mass is 10.2. The summed E-state index contributed by atoms with van der Waals surface area (Å²) >= 11 is 1.79. The third-order valence-corrected chi connectivity index (χ3v) is 4.31. The van der Waals surface area contributed by atoms with Gasteiger partial charge in [0.15, 0.2) is 0 Å². The van der Waals surface area contributed by atoms with E-state index >= 15 is 0 Å². The Morgan fingerprint density at radius 3 is 2.90 bits per heavy atom.